The van der Waals surface area contributed by atoms with Gasteiger partial charge in [-0.25, -0.2) is 0 Å². The van der Waals surface area contributed by atoms with E-state index in [2.05, 4.69) is 0 Å². The molecule has 3 heteroatoms. The first-order valence-electron chi connectivity index (χ1n) is 3.49. The number of nitrogens with zero attached hydrogens (tertiary/aromatic N) is 1. The molecule has 1 atom stereocenters. The molecule has 0 radical (unpaired) electrons. The van der Waals surface area contributed by atoms with Gasteiger partial charge in [0.15, 0.2) is 0 Å². The van der Waals surface area contributed by atoms with Crippen LogP contribution < -0.4 is 4.74 Å². The molecule has 1 aromatic rings. The van der Waals surface area contributed by atoms with E-state index in [1.165, 1.54) is 0 Å². The number of halogens is 1. The van der Waals surface area contributed by atoms with Gasteiger partial charge in [-0.1, -0.05) is 29.3 Å². The van der Waals surface area contributed by atoms with Gasteiger partial charge in [-0.15, -0.1) is 0 Å². The Kier molecular flexibility index (Phi) is 2.95. The highest BCUT2D eigenvalue weighted by atomic mass is 35.5. The van der Waals surface area contributed by atoms with E-state index in [-0.39, 0.29) is 0 Å². The predicted molar refractivity (Wildman–Crippen MR) is 47.1 cm³/mol. The van der Waals surface area contributed by atoms with Gasteiger partial charge >= 0.3 is 0 Å². The average Bonchev–Trinajstić information content (AvgIpc) is 2.09. The third kappa shape index (κ3) is 2.44. The van der Waals surface area contributed by atoms with Crippen LogP contribution in [0.2, 0.25) is 0 Å². The van der Waals surface area contributed by atoms with Crippen LogP contribution in [-0.2, 0) is 0 Å². The minimum absolute atomic E-state index is 0.613. The SMILES string of the molecule is Cc1ccc(OC(Cl)C#N)cc1. The molecule has 2 nitrogen and oxygen atoms in total. The Morgan fingerprint density at radius 3 is 2.50 bits per heavy atom. The van der Waals surface area contributed by atoms with E-state index >= 15 is 0 Å². The van der Waals surface area contributed by atoms with Crippen LogP contribution in [0.4, 0.5) is 0 Å². The van der Waals surface area contributed by atoms with Crippen LogP contribution >= 0.6 is 11.6 Å². The van der Waals surface area contributed by atoms with Crippen molar-refractivity contribution in [3.05, 3.63) is 29.8 Å². The van der Waals surface area contributed by atoms with Crippen molar-refractivity contribution in [3.63, 3.8) is 0 Å². The second kappa shape index (κ2) is 3.99. The smallest absolute Gasteiger partial charge is 0.258 e. The van der Waals surface area contributed by atoms with Crippen molar-refractivity contribution in [2.24, 2.45) is 0 Å². The molecule has 0 aromatic heterocycles. The summed E-state index contributed by atoms with van der Waals surface area (Å²) >= 11 is 5.46. The lowest BCUT2D eigenvalue weighted by molar-refractivity contribution is 0.332. The van der Waals surface area contributed by atoms with Crippen molar-refractivity contribution in [2.45, 2.75) is 12.5 Å². The first-order valence-corrected chi connectivity index (χ1v) is 3.93. The number of benzene rings is 1. The number of aryl methyl sites for hydroxylation is 1. The molecule has 0 spiro atoms. The molecule has 0 aliphatic carbocycles. The Labute approximate surface area is 76.3 Å². The minimum atomic E-state index is -0.910. The third-order valence-corrected chi connectivity index (χ3v) is 1.55. The largest absolute Gasteiger partial charge is 0.461 e. The average molecular weight is 182 g/mol. The normalized spacial score (nSPS) is 11.8. The molecule has 0 amide bonds. The molecule has 1 unspecified atom stereocenters. The van der Waals surface area contributed by atoms with E-state index in [0.29, 0.717) is 5.75 Å². The molecule has 0 aliphatic heterocycles. The third-order valence-electron chi connectivity index (χ3n) is 1.36. The minimum Gasteiger partial charge on any atom is -0.461 e. The van der Waals surface area contributed by atoms with Crippen LogP contribution in [-0.4, -0.2) is 5.56 Å². The number of hydrogen-bond acceptors (Lipinski definition) is 2. The van der Waals surface area contributed by atoms with Gasteiger partial charge in [0.05, 0.1) is 0 Å². The number of ether oxygens (including phenoxy) is 1. The van der Waals surface area contributed by atoms with Gasteiger partial charge in [0.25, 0.3) is 5.56 Å². The Morgan fingerprint density at radius 2 is 2.00 bits per heavy atom. The van der Waals surface area contributed by atoms with E-state index in [0.717, 1.165) is 5.56 Å². The van der Waals surface area contributed by atoms with Crippen LogP contribution in [0.15, 0.2) is 24.3 Å². The lowest BCUT2D eigenvalue weighted by Gasteiger charge is -2.04. The summed E-state index contributed by atoms with van der Waals surface area (Å²) in [6.07, 6.45) is 0. The maximum Gasteiger partial charge on any atom is 0.258 e. The summed E-state index contributed by atoms with van der Waals surface area (Å²) in [5.74, 6) is 0.613. The molecule has 1 rings (SSSR count). The first-order chi connectivity index (χ1) is 5.72. The van der Waals surface area contributed by atoms with Gasteiger partial charge in [-0.3, -0.25) is 0 Å². The number of hydrogen-bond donors (Lipinski definition) is 0. The lowest BCUT2D eigenvalue weighted by Crippen LogP contribution is -2.04. The zero-order valence-electron chi connectivity index (χ0n) is 6.62. The van der Waals surface area contributed by atoms with Crippen LogP contribution in [0.3, 0.4) is 0 Å². The maximum atomic E-state index is 8.34. The van der Waals surface area contributed by atoms with Gasteiger partial charge in [0.2, 0.25) is 0 Å². The monoisotopic (exact) mass is 181 g/mol. The van der Waals surface area contributed by atoms with Crippen molar-refractivity contribution in [2.75, 3.05) is 0 Å². The quantitative estimate of drug-likeness (QED) is 0.657. The van der Waals surface area contributed by atoms with Crippen LogP contribution in [0.25, 0.3) is 0 Å². The summed E-state index contributed by atoms with van der Waals surface area (Å²) in [6, 6.07) is 9.13. The molecule has 0 bridgehead atoms. The zero-order chi connectivity index (χ0) is 8.97. The highest BCUT2D eigenvalue weighted by molar-refractivity contribution is 6.21. The standard InChI is InChI=1S/C9H8ClNO/c1-7-2-4-8(5-3-7)12-9(10)6-11/h2-5,9H,1H3. The molecule has 0 heterocycles. The van der Waals surface area contributed by atoms with E-state index in [4.69, 9.17) is 21.6 Å². The second-order valence-electron chi connectivity index (χ2n) is 2.38. The summed E-state index contributed by atoms with van der Waals surface area (Å²) in [5, 5.41) is 8.34. The van der Waals surface area contributed by atoms with Crippen molar-refractivity contribution < 1.29 is 4.74 Å². The lowest BCUT2D eigenvalue weighted by atomic mass is 10.2. The molecule has 0 N–H and O–H groups in total. The molecular weight excluding hydrogens is 174 g/mol. The highest BCUT2D eigenvalue weighted by Gasteiger charge is 2.01. The van der Waals surface area contributed by atoms with E-state index in [1.54, 1.807) is 18.2 Å². The molecular formula is C9H8ClNO. The Morgan fingerprint density at radius 1 is 1.42 bits per heavy atom. The van der Waals surface area contributed by atoms with E-state index in [1.807, 2.05) is 19.1 Å². The first kappa shape index (κ1) is 8.89. The van der Waals surface area contributed by atoms with Crippen molar-refractivity contribution in [1.82, 2.24) is 0 Å². The van der Waals surface area contributed by atoms with Gasteiger partial charge in [-0.05, 0) is 19.1 Å². The van der Waals surface area contributed by atoms with Crippen LogP contribution in [0.5, 0.6) is 5.75 Å². The Hall–Kier alpha value is -1.20. The summed E-state index contributed by atoms with van der Waals surface area (Å²) in [6.45, 7) is 1.98. The number of alkyl halides is 1. The van der Waals surface area contributed by atoms with Gasteiger partial charge in [0.1, 0.15) is 11.8 Å². The predicted octanol–water partition coefficient (Wildman–Crippen LogP) is 2.46. The van der Waals surface area contributed by atoms with E-state index < -0.39 is 5.56 Å². The maximum absolute atomic E-state index is 8.34. The summed E-state index contributed by atoms with van der Waals surface area (Å²) in [4.78, 5) is 0. The molecule has 0 saturated carbocycles. The van der Waals surface area contributed by atoms with Gasteiger partial charge < -0.3 is 4.74 Å². The summed E-state index contributed by atoms with van der Waals surface area (Å²) in [7, 11) is 0. The number of rotatable bonds is 2. The second-order valence-corrected chi connectivity index (χ2v) is 2.77. The zero-order valence-corrected chi connectivity index (χ0v) is 7.38. The highest BCUT2D eigenvalue weighted by Crippen LogP contribution is 2.14. The topological polar surface area (TPSA) is 33.0 Å². The number of nitriles is 1. The molecule has 0 aliphatic rings. The molecule has 12 heavy (non-hydrogen) atoms. The van der Waals surface area contributed by atoms with Crippen LogP contribution in [0.1, 0.15) is 5.56 Å². The van der Waals surface area contributed by atoms with Crippen LogP contribution in [0, 0.1) is 18.3 Å². The van der Waals surface area contributed by atoms with Gasteiger partial charge in [-0.2, -0.15) is 5.26 Å². The molecule has 1 aromatic carbocycles. The van der Waals surface area contributed by atoms with Crippen molar-refractivity contribution in [3.8, 4) is 11.8 Å². The Balaban J connectivity index is 2.66. The fourth-order valence-electron chi connectivity index (χ4n) is 0.763. The van der Waals surface area contributed by atoms with Crippen molar-refractivity contribution >= 4 is 11.6 Å². The van der Waals surface area contributed by atoms with Crippen molar-refractivity contribution in [1.29, 1.82) is 5.26 Å². The molecule has 0 fully saturated rings. The summed E-state index contributed by atoms with van der Waals surface area (Å²) in [5.41, 5.74) is 0.234. The summed E-state index contributed by atoms with van der Waals surface area (Å²) < 4.78 is 5.02. The fraction of sp³-hybridized carbons (Fsp3) is 0.222. The molecule has 62 valence electrons. The Bertz CT molecular complexity index is 288. The van der Waals surface area contributed by atoms with E-state index in [9.17, 15) is 0 Å². The molecule has 0 saturated heterocycles. The van der Waals surface area contributed by atoms with Gasteiger partial charge in [0, 0.05) is 0 Å². The fourth-order valence-corrected chi connectivity index (χ4v) is 0.866.